The summed E-state index contributed by atoms with van der Waals surface area (Å²) < 4.78 is 38.7. The van der Waals surface area contributed by atoms with Crippen LogP contribution in [0.4, 0.5) is 10.1 Å². The average Bonchev–Trinajstić information content (AvgIpc) is 2.91. The summed E-state index contributed by atoms with van der Waals surface area (Å²) in [4.78, 5) is 17.0. The first-order valence-electron chi connectivity index (χ1n) is 6.59. The number of hydrogen-bond acceptors (Lipinski definition) is 4. The van der Waals surface area contributed by atoms with Crippen molar-refractivity contribution in [3.05, 3.63) is 28.5 Å². The molecule has 124 valence electrons. The number of alkyl halides is 1. The monoisotopic (exact) mass is 440 g/mol. The molecule has 2 heterocycles. The molecule has 23 heavy (non-hydrogen) atoms. The van der Waals surface area contributed by atoms with Gasteiger partial charge in [0.05, 0.1) is 23.2 Å². The minimum atomic E-state index is -3.19. The number of fused-ring (bicyclic) bond motifs is 1. The van der Waals surface area contributed by atoms with E-state index in [1.165, 1.54) is 28.8 Å². The second-order valence-electron chi connectivity index (χ2n) is 5.19. The van der Waals surface area contributed by atoms with Crippen LogP contribution in [0.15, 0.2) is 27.7 Å². The van der Waals surface area contributed by atoms with Gasteiger partial charge in [-0.3, -0.25) is 4.79 Å². The Hall–Kier alpha value is -0.640. The number of nitrogens with zero attached hydrogens (tertiary/aromatic N) is 2. The molecule has 0 radical (unpaired) electrons. The van der Waals surface area contributed by atoms with Crippen LogP contribution in [0.2, 0.25) is 0 Å². The molecule has 2 saturated heterocycles. The van der Waals surface area contributed by atoms with E-state index in [9.17, 15) is 17.6 Å². The van der Waals surface area contributed by atoms with Gasteiger partial charge in [-0.1, -0.05) is 27.7 Å². The number of carbonyl (C=O) groups is 1. The quantitative estimate of drug-likeness (QED) is 0.660. The van der Waals surface area contributed by atoms with E-state index in [4.69, 9.17) is 11.6 Å². The lowest BCUT2D eigenvalue weighted by molar-refractivity contribution is -0.115. The van der Waals surface area contributed by atoms with Gasteiger partial charge < -0.3 is 4.90 Å². The number of carbonyl (C=O) groups excluding carboxylic acids is 1. The van der Waals surface area contributed by atoms with Gasteiger partial charge >= 0.3 is 0 Å². The van der Waals surface area contributed by atoms with Crippen molar-refractivity contribution in [3.63, 3.8) is 0 Å². The van der Waals surface area contributed by atoms with Crippen molar-refractivity contribution in [1.82, 2.24) is 0 Å². The molecule has 0 N–H and O–H groups in total. The van der Waals surface area contributed by atoms with Crippen LogP contribution < -0.4 is 4.90 Å². The number of amides is 1. The molecule has 3 rings (SSSR count). The standard InChI is InChI=1S/C13H11BrClFN2O3S2/c14-7-1-2-9(8(16)3-7)18-10-5-23(20,21)6-11(10)22-13(18)17-12(19)4-15/h1-3,10-11H,4-6H2/t10-,11-/m0/s1. The van der Waals surface area contributed by atoms with Gasteiger partial charge in [-0.25, -0.2) is 12.8 Å². The number of anilines is 1. The van der Waals surface area contributed by atoms with Crippen molar-refractivity contribution in [2.45, 2.75) is 11.3 Å². The highest BCUT2D eigenvalue weighted by Gasteiger charge is 2.49. The highest BCUT2D eigenvalue weighted by Crippen LogP contribution is 2.42. The van der Waals surface area contributed by atoms with Gasteiger partial charge in [-0.05, 0) is 18.2 Å². The third-order valence-electron chi connectivity index (χ3n) is 3.57. The molecule has 0 bridgehead atoms. The molecule has 0 saturated carbocycles. The summed E-state index contributed by atoms with van der Waals surface area (Å²) in [6, 6.07) is 4.04. The van der Waals surface area contributed by atoms with E-state index in [-0.39, 0.29) is 28.3 Å². The topological polar surface area (TPSA) is 66.8 Å². The Labute approximate surface area is 150 Å². The highest BCUT2D eigenvalue weighted by molar-refractivity contribution is 9.10. The number of thioether (sulfide) groups is 1. The average molecular weight is 442 g/mol. The normalized spacial score (nSPS) is 27.4. The van der Waals surface area contributed by atoms with Crippen LogP contribution in [0.25, 0.3) is 0 Å². The lowest BCUT2D eigenvalue weighted by Crippen LogP contribution is -2.38. The van der Waals surface area contributed by atoms with E-state index in [0.717, 1.165) is 0 Å². The van der Waals surface area contributed by atoms with Crippen LogP contribution in [0.1, 0.15) is 0 Å². The Morgan fingerprint density at radius 1 is 1.48 bits per heavy atom. The van der Waals surface area contributed by atoms with Crippen LogP contribution >= 0.6 is 39.3 Å². The van der Waals surface area contributed by atoms with E-state index in [1.54, 1.807) is 6.07 Å². The molecule has 1 aromatic rings. The maximum absolute atomic E-state index is 14.3. The molecule has 1 aromatic carbocycles. The molecule has 5 nitrogen and oxygen atoms in total. The second-order valence-corrected chi connectivity index (χ2v) is 9.73. The van der Waals surface area contributed by atoms with Crippen LogP contribution in [-0.4, -0.2) is 48.2 Å². The van der Waals surface area contributed by atoms with Gasteiger partial charge in [0.1, 0.15) is 11.7 Å². The molecule has 2 aliphatic rings. The highest BCUT2D eigenvalue weighted by atomic mass is 79.9. The number of aliphatic imine (C=N–C) groups is 1. The van der Waals surface area contributed by atoms with E-state index < -0.39 is 27.6 Å². The van der Waals surface area contributed by atoms with Crippen molar-refractivity contribution >= 4 is 65.9 Å². The Bertz CT molecular complexity index is 802. The van der Waals surface area contributed by atoms with Crippen molar-refractivity contribution < 1.29 is 17.6 Å². The van der Waals surface area contributed by atoms with Gasteiger partial charge in [0.25, 0.3) is 5.91 Å². The Kier molecular flexibility index (Phi) is 4.74. The van der Waals surface area contributed by atoms with E-state index in [0.29, 0.717) is 9.64 Å². The zero-order chi connectivity index (χ0) is 16.8. The molecule has 0 spiro atoms. The molecule has 0 unspecified atom stereocenters. The summed E-state index contributed by atoms with van der Waals surface area (Å²) in [6.07, 6.45) is 0. The van der Waals surface area contributed by atoms with Gasteiger partial charge in [0.2, 0.25) is 0 Å². The molecular weight excluding hydrogens is 431 g/mol. The Balaban J connectivity index is 2.06. The van der Waals surface area contributed by atoms with Crippen molar-refractivity contribution in [2.24, 2.45) is 4.99 Å². The summed E-state index contributed by atoms with van der Waals surface area (Å²) in [5, 5.41) is 0.0201. The Morgan fingerprint density at radius 2 is 2.22 bits per heavy atom. The number of hydrogen-bond donors (Lipinski definition) is 0. The molecule has 2 aliphatic heterocycles. The first-order valence-corrected chi connectivity index (χ1v) is 10.6. The predicted octanol–water partition coefficient (Wildman–Crippen LogP) is 2.43. The third kappa shape index (κ3) is 3.42. The van der Waals surface area contributed by atoms with Crippen LogP contribution in [0.5, 0.6) is 0 Å². The summed E-state index contributed by atoms with van der Waals surface area (Å²) in [5.74, 6) is -1.44. The molecule has 2 fully saturated rings. The van der Waals surface area contributed by atoms with Gasteiger partial charge in [0, 0.05) is 9.72 Å². The van der Waals surface area contributed by atoms with Gasteiger partial charge in [-0.2, -0.15) is 4.99 Å². The predicted molar refractivity (Wildman–Crippen MR) is 93.6 cm³/mol. The second kappa shape index (κ2) is 6.34. The number of sulfone groups is 1. The molecule has 0 aliphatic carbocycles. The van der Waals surface area contributed by atoms with Crippen LogP contribution in [0.3, 0.4) is 0 Å². The number of amidine groups is 1. The number of halogens is 3. The molecular formula is C13H11BrClFN2O3S2. The SMILES string of the molecule is O=C(CCl)N=C1S[C@H]2CS(=O)(=O)C[C@@H]2N1c1ccc(Br)cc1F. The largest absolute Gasteiger partial charge is 0.313 e. The molecule has 1 amide bonds. The first kappa shape index (κ1) is 17.2. The maximum Gasteiger partial charge on any atom is 0.262 e. The van der Waals surface area contributed by atoms with Gasteiger partial charge in [-0.15, -0.1) is 11.6 Å². The van der Waals surface area contributed by atoms with Crippen molar-refractivity contribution in [3.8, 4) is 0 Å². The van der Waals surface area contributed by atoms with Gasteiger partial charge in [0.15, 0.2) is 15.0 Å². The fourth-order valence-corrected chi connectivity index (χ4v) is 6.98. The third-order valence-corrected chi connectivity index (χ3v) is 7.50. The zero-order valence-electron chi connectivity index (χ0n) is 11.6. The fraction of sp³-hybridized carbons (Fsp3) is 0.385. The minimum absolute atomic E-state index is 0.00886. The first-order chi connectivity index (χ1) is 10.8. The summed E-state index contributed by atoms with van der Waals surface area (Å²) >= 11 is 9.85. The number of benzene rings is 1. The number of rotatable bonds is 2. The molecule has 0 aromatic heterocycles. The zero-order valence-corrected chi connectivity index (χ0v) is 15.6. The molecule has 10 heteroatoms. The van der Waals surface area contributed by atoms with Crippen LogP contribution in [-0.2, 0) is 14.6 Å². The van der Waals surface area contributed by atoms with Crippen LogP contribution in [0, 0.1) is 5.82 Å². The fourth-order valence-electron chi connectivity index (χ4n) is 2.66. The minimum Gasteiger partial charge on any atom is -0.313 e. The van der Waals surface area contributed by atoms with E-state index >= 15 is 0 Å². The van der Waals surface area contributed by atoms with Crippen molar-refractivity contribution in [1.29, 1.82) is 0 Å². The van der Waals surface area contributed by atoms with E-state index in [2.05, 4.69) is 20.9 Å². The van der Waals surface area contributed by atoms with E-state index in [1.807, 2.05) is 0 Å². The lowest BCUT2D eigenvalue weighted by Gasteiger charge is -2.25. The smallest absolute Gasteiger partial charge is 0.262 e. The summed E-state index contributed by atoms with van der Waals surface area (Å²) in [7, 11) is -3.19. The summed E-state index contributed by atoms with van der Waals surface area (Å²) in [5.41, 5.74) is 0.200. The Morgan fingerprint density at radius 3 is 2.87 bits per heavy atom. The summed E-state index contributed by atoms with van der Waals surface area (Å²) in [6.45, 7) is 0. The maximum atomic E-state index is 14.3. The van der Waals surface area contributed by atoms with Crippen molar-refractivity contribution in [2.75, 3.05) is 22.3 Å². The molecule has 2 atom stereocenters. The lowest BCUT2D eigenvalue weighted by atomic mass is 10.2.